The first-order chi connectivity index (χ1) is 10.7. The Morgan fingerprint density at radius 3 is 1.77 bits per heavy atom. The molecule has 0 radical (unpaired) electrons. The standard InChI is InChI=1S/C20H36OSi/c1-4-5-6-7-8-9-10-11-12-16-19-21-22(2,3)20-17-14-13-15-18-20/h13-15,17-18H,4-12,16,19H2,1-3H3. The van der Waals surface area contributed by atoms with Crippen LogP contribution in [-0.2, 0) is 4.43 Å². The summed E-state index contributed by atoms with van der Waals surface area (Å²) in [5.74, 6) is 0. The Balaban J connectivity index is 1.97. The van der Waals surface area contributed by atoms with Crippen molar-refractivity contribution in [3.05, 3.63) is 30.3 Å². The Bertz CT molecular complexity index is 361. The average molecular weight is 321 g/mol. The van der Waals surface area contributed by atoms with Crippen molar-refractivity contribution in [3.63, 3.8) is 0 Å². The zero-order valence-electron chi connectivity index (χ0n) is 15.1. The predicted octanol–water partition coefficient (Wildman–Crippen LogP) is 6.04. The number of hydrogen-bond donors (Lipinski definition) is 0. The van der Waals surface area contributed by atoms with Gasteiger partial charge in [0.25, 0.3) is 0 Å². The molecule has 0 unspecified atom stereocenters. The van der Waals surface area contributed by atoms with E-state index in [1.165, 1.54) is 69.4 Å². The first-order valence-electron chi connectivity index (χ1n) is 9.36. The summed E-state index contributed by atoms with van der Waals surface area (Å²) < 4.78 is 6.23. The quantitative estimate of drug-likeness (QED) is 0.318. The molecule has 0 bridgehead atoms. The summed E-state index contributed by atoms with van der Waals surface area (Å²) in [5, 5.41) is 1.40. The van der Waals surface area contributed by atoms with Gasteiger partial charge in [-0.25, -0.2) is 0 Å². The minimum Gasteiger partial charge on any atom is -0.413 e. The normalized spacial score (nSPS) is 11.8. The van der Waals surface area contributed by atoms with Gasteiger partial charge in [0.1, 0.15) is 0 Å². The van der Waals surface area contributed by atoms with E-state index in [1.54, 1.807) is 0 Å². The van der Waals surface area contributed by atoms with E-state index in [-0.39, 0.29) is 0 Å². The van der Waals surface area contributed by atoms with Gasteiger partial charge in [-0.15, -0.1) is 0 Å². The van der Waals surface area contributed by atoms with Crippen molar-refractivity contribution in [3.8, 4) is 0 Å². The van der Waals surface area contributed by atoms with Gasteiger partial charge in [-0.2, -0.15) is 0 Å². The lowest BCUT2D eigenvalue weighted by atomic mass is 10.1. The van der Waals surface area contributed by atoms with E-state index in [0.717, 1.165) is 6.61 Å². The maximum atomic E-state index is 6.23. The van der Waals surface area contributed by atoms with Crippen molar-refractivity contribution >= 4 is 13.5 Å². The summed E-state index contributed by atoms with van der Waals surface area (Å²) in [4.78, 5) is 0. The van der Waals surface area contributed by atoms with Crippen molar-refractivity contribution in [2.45, 2.75) is 84.2 Å². The molecule has 0 spiro atoms. The molecule has 0 N–H and O–H groups in total. The van der Waals surface area contributed by atoms with Crippen molar-refractivity contribution < 1.29 is 4.43 Å². The second-order valence-corrected chi connectivity index (χ2v) is 10.8. The molecule has 2 heteroatoms. The van der Waals surface area contributed by atoms with Gasteiger partial charge in [-0.1, -0.05) is 95.0 Å². The fraction of sp³-hybridized carbons (Fsp3) is 0.700. The van der Waals surface area contributed by atoms with Gasteiger partial charge in [0.05, 0.1) is 0 Å². The first kappa shape index (κ1) is 19.4. The van der Waals surface area contributed by atoms with E-state index < -0.39 is 8.32 Å². The molecule has 1 rings (SSSR count). The maximum Gasteiger partial charge on any atom is 0.218 e. The van der Waals surface area contributed by atoms with E-state index in [1.807, 2.05) is 0 Å². The average Bonchev–Trinajstić information content (AvgIpc) is 2.53. The predicted molar refractivity (Wildman–Crippen MR) is 101 cm³/mol. The van der Waals surface area contributed by atoms with Crippen LogP contribution in [0.4, 0.5) is 0 Å². The SMILES string of the molecule is CCCCCCCCCCCCO[Si](C)(C)c1ccccc1. The third kappa shape index (κ3) is 8.75. The number of rotatable bonds is 13. The summed E-state index contributed by atoms with van der Waals surface area (Å²) in [6.07, 6.45) is 13.8. The highest BCUT2D eigenvalue weighted by atomic mass is 28.4. The Morgan fingerprint density at radius 1 is 0.727 bits per heavy atom. The fourth-order valence-corrected chi connectivity index (χ4v) is 4.66. The van der Waals surface area contributed by atoms with Gasteiger partial charge in [0.15, 0.2) is 0 Å². The maximum absolute atomic E-state index is 6.23. The molecule has 0 saturated heterocycles. The molecule has 0 aliphatic heterocycles. The Kier molecular flexibility index (Phi) is 10.5. The van der Waals surface area contributed by atoms with Crippen LogP contribution in [0.3, 0.4) is 0 Å². The molecule has 0 aromatic heterocycles. The highest BCUT2D eigenvalue weighted by Gasteiger charge is 2.24. The lowest BCUT2D eigenvalue weighted by Gasteiger charge is -2.23. The molecule has 0 saturated carbocycles. The summed E-state index contributed by atoms with van der Waals surface area (Å²) in [7, 11) is -1.67. The lowest BCUT2D eigenvalue weighted by Crippen LogP contribution is -2.44. The van der Waals surface area contributed by atoms with E-state index >= 15 is 0 Å². The minimum atomic E-state index is -1.67. The Morgan fingerprint density at radius 2 is 1.23 bits per heavy atom. The van der Waals surface area contributed by atoms with Crippen LogP contribution in [0.5, 0.6) is 0 Å². The van der Waals surface area contributed by atoms with Crippen molar-refractivity contribution in [2.75, 3.05) is 6.61 Å². The Labute approximate surface area is 139 Å². The molecule has 22 heavy (non-hydrogen) atoms. The molecule has 126 valence electrons. The lowest BCUT2D eigenvalue weighted by molar-refractivity contribution is 0.302. The fourth-order valence-electron chi connectivity index (χ4n) is 2.84. The Hall–Kier alpha value is -0.603. The highest BCUT2D eigenvalue weighted by Crippen LogP contribution is 2.11. The smallest absolute Gasteiger partial charge is 0.218 e. The van der Waals surface area contributed by atoms with Crippen molar-refractivity contribution in [2.24, 2.45) is 0 Å². The van der Waals surface area contributed by atoms with Gasteiger partial charge in [-0.3, -0.25) is 0 Å². The monoisotopic (exact) mass is 320 g/mol. The molecule has 0 amide bonds. The van der Waals surface area contributed by atoms with E-state index in [0.29, 0.717) is 0 Å². The summed E-state index contributed by atoms with van der Waals surface area (Å²) >= 11 is 0. The molecule has 0 aliphatic carbocycles. The molecular weight excluding hydrogens is 284 g/mol. The van der Waals surface area contributed by atoms with E-state index in [4.69, 9.17) is 4.43 Å². The molecule has 0 fully saturated rings. The van der Waals surface area contributed by atoms with Crippen LogP contribution in [0, 0.1) is 0 Å². The highest BCUT2D eigenvalue weighted by molar-refractivity contribution is 6.84. The van der Waals surface area contributed by atoms with Crippen molar-refractivity contribution in [1.29, 1.82) is 0 Å². The zero-order chi connectivity index (χ0) is 16.1. The van der Waals surface area contributed by atoms with Gasteiger partial charge in [0, 0.05) is 6.61 Å². The van der Waals surface area contributed by atoms with E-state index in [2.05, 4.69) is 50.3 Å². The van der Waals surface area contributed by atoms with Crippen LogP contribution in [0.25, 0.3) is 0 Å². The number of hydrogen-bond acceptors (Lipinski definition) is 1. The second-order valence-electron chi connectivity index (χ2n) is 6.91. The minimum absolute atomic E-state index is 0.935. The molecule has 0 atom stereocenters. The molecular formula is C20H36OSi. The molecule has 1 aromatic rings. The van der Waals surface area contributed by atoms with Crippen LogP contribution in [0.15, 0.2) is 30.3 Å². The number of unbranched alkanes of at least 4 members (excludes halogenated alkanes) is 9. The van der Waals surface area contributed by atoms with Gasteiger partial charge >= 0.3 is 0 Å². The van der Waals surface area contributed by atoms with Gasteiger partial charge in [-0.05, 0) is 24.7 Å². The third-order valence-electron chi connectivity index (χ3n) is 4.43. The van der Waals surface area contributed by atoms with Crippen molar-refractivity contribution in [1.82, 2.24) is 0 Å². The summed E-state index contributed by atoms with van der Waals surface area (Å²) in [6.45, 7) is 7.83. The topological polar surface area (TPSA) is 9.23 Å². The van der Waals surface area contributed by atoms with Crippen LogP contribution < -0.4 is 5.19 Å². The summed E-state index contributed by atoms with van der Waals surface area (Å²) in [5.41, 5.74) is 0. The molecule has 0 aliphatic rings. The van der Waals surface area contributed by atoms with Crippen LogP contribution in [-0.4, -0.2) is 14.9 Å². The molecule has 1 nitrogen and oxygen atoms in total. The van der Waals surface area contributed by atoms with Crippen LogP contribution in [0.1, 0.15) is 71.1 Å². The van der Waals surface area contributed by atoms with E-state index in [9.17, 15) is 0 Å². The van der Waals surface area contributed by atoms with Gasteiger partial charge in [0.2, 0.25) is 8.32 Å². The first-order valence-corrected chi connectivity index (χ1v) is 12.3. The van der Waals surface area contributed by atoms with Crippen LogP contribution in [0.2, 0.25) is 13.1 Å². The molecule has 1 aromatic carbocycles. The summed E-state index contributed by atoms with van der Waals surface area (Å²) in [6, 6.07) is 10.7. The largest absolute Gasteiger partial charge is 0.413 e. The zero-order valence-corrected chi connectivity index (χ0v) is 16.1. The third-order valence-corrected chi connectivity index (χ3v) is 7.08. The second kappa shape index (κ2) is 11.9. The van der Waals surface area contributed by atoms with Crippen LogP contribution >= 0.6 is 0 Å². The van der Waals surface area contributed by atoms with Gasteiger partial charge < -0.3 is 4.43 Å². The molecule has 0 heterocycles. The number of benzene rings is 1.